The van der Waals surface area contributed by atoms with Gasteiger partial charge in [0.05, 0.1) is 16.3 Å². The Morgan fingerprint density at radius 1 is 1.06 bits per heavy atom. The van der Waals surface area contributed by atoms with Crippen LogP contribution < -0.4 is 10.8 Å². The van der Waals surface area contributed by atoms with Crippen LogP contribution in [0.3, 0.4) is 0 Å². The van der Waals surface area contributed by atoms with Gasteiger partial charge in [-0.1, -0.05) is 48.0 Å². The topological polar surface area (TPSA) is 138 Å². The van der Waals surface area contributed by atoms with Crippen molar-refractivity contribution in [1.29, 1.82) is 0 Å². The van der Waals surface area contributed by atoms with E-state index in [9.17, 15) is 20.0 Å². The number of nitrogens with one attached hydrogen (secondary N) is 2. The SMILES string of the molecule is O=C(Nc1ccccc1)ONC1=Nc2ccc([N+](=O)[O-])cc2C(c2ccccc2Cl)=NC1O. The molecule has 3 aromatic rings. The lowest BCUT2D eigenvalue weighted by molar-refractivity contribution is -0.384. The van der Waals surface area contributed by atoms with Crippen LogP contribution >= 0.6 is 11.6 Å². The molecule has 1 aliphatic rings. The summed E-state index contributed by atoms with van der Waals surface area (Å²) in [4.78, 5) is 36.3. The van der Waals surface area contributed by atoms with Crippen molar-refractivity contribution in [2.45, 2.75) is 6.23 Å². The maximum Gasteiger partial charge on any atom is 0.435 e. The highest BCUT2D eigenvalue weighted by atomic mass is 35.5. The van der Waals surface area contributed by atoms with Crippen molar-refractivity contribution in [2.75, 3.05) is 5.32 Å². The first-order valence-corrected chi connectivity index (χ1v) is 9.97. The molecule has 3 N–H and O–H groups in total. The van der Waals surface area contributed by atoms with Crippen LogP contribution in [-0.2, 0) is 4.84 Å². The second-order valence-electron chi connectivity index (χ2n) is 6.77. The number of carbonyl (C=O) groups is 1. The Labute approximate surface area is 192 Å². The van der Waals surface area contributed by atoms with E-state index >= 15 is 0 Å². The van der Waals surface area contributed by atoms with Gasteiger partial charge in [0.25, 0.3) is 5.69 Å². The summed E-state index contributed by atoms with van der Waals surface area (Å²) in [6.45, 7) is 0. The number of hydrogen-bond donors (Lipinski definition) is 3. The van der Waals surface area contributed by atoms with Gasteiger partial charge < -0.3 is 9.94 Å². The molecule has 33 heavy (non-hydrogen) atoms. The number of aliphatic hydroxyl groups excluding tert-OH is 1. The molecule has 1 unspecified atom stereocenters. The number of benzene rings is 3. The van der Waals surface area contributed by atoms with E-state index in [1.165, 1.54) is 18.2 Å². The first-order chi connectivity index (χ1) is 15.9. The highest BCUT2D eigenvalue weighted by Gasteiger charge is 2.25. The van der Waals surface area contributed by atoms with Gasteiger partial charge in [0.15, 0.2) is 5.84 Å². The highest BCUT2D eigenvalue weighted by molar-refractivity contribution is 6.36. The number of halogens is 1. The fraction of sp³-hybridized carbons (Fsp3) is 0.0455. The minimum atomic E-state index is -1.58. The Balaban J connectivity index is 1.67. The number of fused-ring (bicyclic) bond motifs is 1. The Bertz CT molecular complexity index is 1280. The quantitative estimate of drug-likeness (QED) is 0.391. The summed E-state index contributed by atoms with van der Waals surface area (Å²) in [6, 6.07) is 19.3. The van der Waals surface area contributed by atoms with Gasteiger partial charge in [-0.15, -0.1) is 0 Å². The lowest BCUT2D eigenvalue weighted by atomic mass is 10.00. The number of para-hydroxylation sites is 1. The molecular formula is C22H16ClN5O5. The van der Waals surface area contributed by atoms with Gasteiger partial charge in [-0.2, -0.15) is 5.48 Å². The molecule has 3 aromatic carbocycles. The molecule has 1 aliphatic heterocycles. The van der Waals surface area contributed by atoms with Gasteiger partial charge in [0.2, 0.25) is 6.23 Å². The normalized spacial score (nSPS) is 14.8. The van der Waals surface area contributed by atoms with E-state index in [1.54, 1.807) is 54.6 Å². The maximum absolute atomic E-state index is 12.1. The third-order valence-electron chi connectivity index (χ3n) is 4.58. The molecule has 1 heterocycles. The Morgan fingerprint density at radius 3 is 2.52 bits per heavy atom. The molecule has 166 valence electrons. The van der Waals surface area contributed by atoms with Crippen LogP contribution in [0.15, 0.2) is 82.8 Å². The van der Waals surface area contributed by atoms with Crippen LogP contribution in [-0.4, -0.2) is 33.9 Å². The predicted octanol–water partition coefficient (Wildman–Crippen LogP) is 4.20. The zero-order valence-electron chi connectivity index (χ0n) is 16.8. The molecule has 10 nitrogen and oxygen atoms in total. The number of hydroxylamine groups is 1. The Morgan fingerprint density at radius 2 is 1.79 bits per heavy atom. The molecule has 0 aliphatic carbocycles. The number of non-ortho nitro benzene ring substituents is 1. The number of hydrogen-bond acceptors (Lipinski definition) is 8. The smallest absolute Gasteiger partial charge is 0.365 e. The van der Waals surface area contributed by atoms with Crippen LogP contribution in [0, 0.1) is 10.1 Å². The zero-order chi connectivity index (χ0) is 23.4. The van der Waals surface area contributed by atoms with Gasteiger partial charge in [0, 0.05) is 34.0 Å². The van der Waals surface area contributed by atoms with E-state index < -0.39 is 17.2 Å². The number of aliphatic imine (C=N–C) groups is 2. The molecule has 0 aromatic heterocycles. The molecule has 11 heteroatoms. The second kappa shape index (κ2) is 9.47. The van der Waals surface area contributed by atoms with Gasteiger partial charge in [0.1, 0.15) is 0 Å². The molecule has 0 saturated carbocycles. The van der Waals surface area contributed by atoms with Gasteiger partial charge in [-0.3, -0.25) is 15.4 Å². The number of nitro benzene ring substituents is 1. The average Bonchev–Trinajstić information content (AvgIpc) is 2.94. The molecule has 4 rings (SSSR count). The van der Waals surface area contributed by atoms with Crippen LogP contribution in [0.2, 0.25) is 5.02 Å². The number of aliphatic hydroxyl groups is 1. The molecule has 0 bridgehead atoms. The fourth-order valence-electron chi connectivity index (χ4n) is 3.07. The molecule has 1 atom stereocenters. The molecule has 1 amide bonds. The summed E-state index contributed by atoms with van der Waals surface area (Å²) in [5.74, 6) is -0.199. The number of rotatable bonds is 3. The van der Waals surface area contributed by atoms with Crippen LogP contribution in [0.1, 0.15) is 11.1 Å². The molecule has 0 spiro atoms. The van der Waals surface area contributed by atoms with Crippen LogP contribution in [0.25, 0.3) is 0 Å². The number of anilines is 1. The summed E-state index contributed by atoms with van der Waals surface area (Å²) in [6.07, 6.45) is -2.42. The monoisotopic (exact) mass is 465 g/mol. The number of nitro groups is 1. The summed E-state index contributed by atoms with van der Waals surface area (Å²) in [5, 5.41) is 24.8. The summed E-state index contributed by atoms with van der Waals surface area (Å²) in [7, 11) is 0. The predicted molar refractivity (Wildman–Crippen MR) is 123 cm³/mol. The number of amides is 1. The fourth-order valence-corrected chi connectivity index (χ4v) is 3.30. The summed E-state index contributed by atoms with van der Waals surface area (Å²) in [5.41, 5.74) is 3.80. The summed E-state index contributed by atoms with van der Waals surface area (Å²) >= 11 is 6.32. The van der Waals surface area contributed by atoms with Crippen molar-refractivity contribution in [1.82, 2.24) is 5.48 Å². The van der Waals surface area contributed by atoms with Gasteiger partial charge in [-0.25, -0.2) is 14.8 Å². The van der Waals surface area contributed by atoms with Crippen molar-refractivity contribution in [2.24, 2.45) is 9.98 Å². The maximum atomic E-state index is 12.1. The van der Waals surface area contributed by atoms with E-state index in [0.29, 0.717) is 16.3 Å². The lowest BCUT2D eigenvalue weighted by Crippen LogP contribution is -2.36. The van der Waals surface area contributed by atoms with Gasteiger partial charge >= 0.3 is 6.09 Å². The van der Waals surface area contributed by atoms with Crippen molar-refractivity contribution < 1.29 is 19.7 Å². The molecular weight excluding hydrogens is 450 g/mol. The minimum Gasteiger partial charge on any atom is -0.365 e. The first kappa shape index (κ1) is 21.9. The first-order valence-electron chi connectivity index (χ1n) is 9.59. The van der Waals surface area contributed by atoms with E-state index in [-0.39, 0.29) is 28.5 Å². The molecule has 0 fully saturated rings. The van der Waals surface area contributed by atoms with Crippen molar-refractivity contribution in [3.05, 3.63) is 99.1 Å². The Hall–Kier alpha value is -4.28. The third kappa shape index (κ3) is 4.97. The standard InChI is InChI=1S/C22H16ClN5O5/c23-17-9-5-4-8-15(17)19-16-12-14(28(31)32)10-11-18(16)25-20(21(29)26-19)27-33-22(30)24-13-6-2-1-3-7-13/h1-12,21,29H,(H,24,30)(H,25,27). The number of carbonyl (C=O) groups excluding carboxylic acids is 1. The highest BCUT2D eigenvalue weighted by Crippen LogP contribution is 2.31. The third-order valence-corrected chi connectivity index (χ3v) is 4.91. The van der Waals surface area contributed by atoms with Crippen LogP contribution in [0.4, 0.5) is 21.9 Å². The number of amidine groups is 1. The number of nitrogens with zero attached hydrogens (tertiary/aromatic N) is 3. The van der Waals surface area contributed by atoms with E-state index in [0.717, 1.165) is 0 Å². The van der Waals surface area contributed by atoms with Crippen molar-refractivity contribution in [3.63, 3.8) is 0 Å². The van der Waals surface area contributed by atoms with Crippen LogP contribution in [0.5, 0.6) is 0 Å². The van der Waals surface area contributed by atoms with E-state index in [4.69, 9.17) is 16.4 Å². The lowest BCUT2D eigenvalue weighted by Gasteiger charge is -2.12. The largest absolute Gasteiger partial charge is 0.435 e. The zero-order valence-corrected chi connectivity index (χ0v) is 17.6. The minimum absolute atomic E-state index is 0.187. The second-order valence-corrected chi connectivity index (χ2v) is 7.18. The van der Waals surface area contributed by atoms with E-state index in [2.05, 4.69) is 20.8 Å². The van der Waals surface area contributed by atoms with Crippen molar-refractivity contribution >= 4 is 46.3 Å². The summed E-state index contributed by atoms with van der Waals surface area (Å²) < 4.78 is 0. The molecule has 0 saturated heterocycles. The van der Waals surface area contributed by atoms with E-state index in [1.807, 2.05) is 0 Å². The van der Waals surface area contributed by atoms with Gasteiger partial charge in [-0.05, 0) is 24.3 Å². The average molecular weight is 466 g/mol. The Kier molecular flexibility index (Phi) is 6.29. The van der Waals surface area contributed by atoms with Crippen molar-refractivity contribution in [3.8, 4) is 0 Å². The molecule has 0 radical (unpaired) electrons.